The van der Waals surface area contributed by atoms with Gasteiger partial charge in [-0.1, -0.05) is 65.7 Å². The van der Waals surface area contributed by atoms with Gasteiger partial charge in [-0.15, -0.1) is 0 Å². The average Bonchev–Trinajstić information content (AvgIpc) is 2.35. The number of carbonyl (C=O) groups is 2. The van der Waals surface area contributed by atoms with Gasteiger partial charge in [0.15, 0.2) is 7.85 Å². The van der Waals surface area contributed by atoms with Crippen LogP contribution in [0.4, 0.5) is 0 Å². The molecule has 110 valence electrons. The monoisotopic (exact) mass is 266 g/mol. The highest BCUT2D eigenvalue weighted by Crippen LogP contribution is 2.33. The number of hydrogen-bond acceptors (Lipinski definition) is 2. The van der Waals surface area contributed by atoms with Crippen molar-refractivity contribution in [1.82, 2.24) is 0 Å². The highest BCUT2D eigenvalue weighted by Gasteiger charge is 2.31. The number of hydrogen-bond donors (Lipinski definition) is 0. The molecule has 0 aliphatic heterocycles. The maximum Gasteiger partial charge on any atom is 0.187 e. The molecule has 19 heavy (non-hydrogen) atoms. The zero-order valence-corrected chi connectivity index (χ0v) is 13.4. The number of unbranched alkanes of at least 4 members (excludes halogenated alkanes) is 5. The minimum Gasteiger partial charge on any atom is -0.312 e. The third kappa shape index (κ3) is 8.23. The third-order valence-corrected chi connectivity index (χ3v) is 4.00. The van der Waals surface area contributed by atoms with Gasteiger partial charge in [0, 0.05) is 5.41 Å². The van der Waals surface area contributed by atoms with Gasteiger partial charge in [-0.25, -0.2) is 0 Å². The third-order valence-electron chi connectivity index (χ3n) is 4.00. The molecule has 0 aliphatic rings. The van der Waals surface area contributed by atoms with Crippen LogP contribution in [0.15, 0.2) is 0 Å². The first kappa shape index (κ1) is 18.4. The van der Waals surface area contributed by atoms with Crippen molar-refractivity contribution in [3.05, 3.63) is 0 Å². The molecule has 0 rings (SSSR count). The summed E-state index contributed by atoms with van der Waals surface area (Å²) in [6.45, 7) is 6.42. The number of Topliss-reactive ketones (excluding diaryl/α,β-unsaturated/α-hetero) is 1. The van der Waals surface area contributed by atoms with Crippen molar-refractivity contribution in [2.45, 2.75) is 85.0 Å². The molecule has 0 aromatic heterocycles. The first-order valence-electron chi connectivity index (χ1n) is 7.99. The van der Waals surface area contributed by atoms with Gasteiger partial charge in [0.05, 0.1) is 12.1 Å². The maximum absolute atomic E-state index is 12.3. The van der Waals surface area contributed by atoms with Crippen LogP contribution in [0.2, 0.25) is 0 Å². The Morgan fingerprint density at radius 1 is 0.895 bits per heavy atom. The summed E-state index contributed by atoms with van der Waals surface area (Å²) in [4.78, 5) is 23.4. The molecule has 0 bridgehead atoms. The minimum absolute atomic E-state index is 0.00120. The summed E-state index contributed by atoms with van der Waals surface area (Å²) in [7, 11) is 1.51. The van der Waals surface area contributed by atoms with Crippen LogP contribution in [0.5, 0.6) is 0 Å². The molecular formula is C16H31BO2. The van der Waals surface area contributed by atoms with Gasteiger partial charge in [0.25, 0.3) is 0 Å². The van der Waals surface area contributed by atoms with Crippen molar-refractivity contribution in [2.24, 2.45) is 5.41 Å². The van der Waals surface area contributed by atoms with Crippen molar-refractivity contribution >= 4 is 19.3 Å². The van der Waals surface area contributed by atoms with E-state index in [1.54, 1.807) is 0 Å². The standard InChI is InChI=1S/C16H31BO2/c1-4-6-8-9-10-12-16(3,11-7-5-2)14(18)13-15(17)19/h4-13,17H2,1-3H3. The summed E-state index contributed by atoms with van der Waals surface area (Å²) in [5.41, 5.74) is -0.271. The highest BCUT2D eigenvalue weighted by molar-refractivity contribution is 6.59. The molecule has 3 heteroatoms. The fourth-order valence-corrected chi connectivity index (χ4v) is 2.53. The predicted octanol–water partition coefficient (Wildman–Crippen LogP) is 3.66. The van der Waals surface area contributed by atoms with Crippen LogP contribution in [0.1, 0.15) is 85.0 Å². The van der Waals surface area contributed by atoms with E-state index in [-0.39, 0.29) is 23.3 Å². The van der Waals surface area contributed by atoms with Crippen LogP contribution in [0.25, 0.3) is 0 Å². The van der Waals surface area contributed by atoms with Crippen molar-refractivity contribution in [3.63, 3.8) is 0 Å². The van der Waals surface area contributed by atoms with Crippen LogP contribution in [-0.4, -0.2) is 19.3 Å². The van der Waals surface area contributed by atoms with Crippen LogP contribution in [-0.2, 0) is 9.59 Å². The summed E-state index contributed by atoms with van der Waals surface area (Å²) in [5.74, 6) is 0.156. The Kier molecular flexibility index (Phi) is 9.90. The molecule has 0 aromatic carbocycles. The van der Waals surface area contributed by atoms with Gasteiger partial charge in [0.1, 0.15) is 5.78 Å². The number of rotatable bonds is 12. The topological polar surface area (TPSA) is 34.1 Å². The van der Waals surface area contributed by atoms with Gasteiger partial charge in [-0.05, 0) is 12.8 Å². The lowest BCUT2D eigenvalue weighted by Gasteiger charge is -2.28. The largest absolute Gasteiger partial charge is 0.312 e. The van der Waals surface area contributed by atoms with Crippen LogP contribution >= 0.6 is 0 Å². The minimum atomic E-state index is -0.270. The molecule has 0 heterocycles. The van der Waals surface area contributed by atoms with E-state index in [9.17, 15) is 9.59 Å². The predicted molar refractivity (Wildman–Crippen MR) is 84.2 cm³/mol. The summed E-state index contributed by atoms with van der Waals surface area (Å²) in [6.07, 6.45) is 10.3. The fourth-order valence-electron chi connectivity index (χ4n) is 2.53. The zero-order chi connectivity index (χ0) is 14.7. The smallest absolute Gasteiger partial charge is 0.187 e. The van der Waals surface area contributed by atoms with Gasteiger partial charge in [-0.3, -0.25) is 4.79 Å². The molecule has 0 amide bonds. The van der Waals surface area contributed by atoms with Crippen molar-refractivity contribution in [2.75, 3.05) is 0 Å². The van der Waals surface area contributed by atoms with E-state index in [4.69, 9.17) is 0 Å². The molecule has 0 N–H and O–H groups in total. The van der Waals surface area contributed by atoms with Gasteiger partial charge in [-0.2, -0.15) is 0 Å². The van der Waals surface area contributed by atoms with Gasteiger partial charge < -0.3 is 4.79 Å². The molecule has 0 aliphatic carbocycles. The van der Waals surface area contributed by atoms with E-state index in [1.165, 1.54) is 33.5 Å². The van der Waals surface area contributed by atoms with E-state index >= 15 is 0 Å². The molecule has 0 aromatic rings. The molecule has 0 fully saturated rings. The molecule has 0 saturated carbocycles. The molecule has 0 saturated heterocycles. The van der Waals surface area contributed by atoms with Crippen molar-refractivity contribution in [1.29, 1.82) is 0 Å². The highest BCUT2D eigenvalue weighted by atomic mass is 16.1. The molecule has 1 unspecified atom stereocenters. The lowest BCUT2D eigenvalue weighted by Crippen LogP contribution is -2.30. The molecule has 0 spiro atoms. The lowest BCUT2D eigenvalue weighted by atomic mass is 9.74. The van der Waals surface area contributed by atoms with E-state index < -0.39 is 0 Å². The van der Waals surface area contributed by atoms with E-state index in [0.717, 1.165) is 32.1 Å². The van der Waals surface area contributed by atoms with Gasteiger partial charge >= 0.3 is 0 Å². The molecule has 2 nitrogen and oxygen atoms in total. The van der Waals surface area contributed by atoms with Crippen LogP contribution < -0.4 is 0 Å². The fraction of sp³-hybridized carbons (Fsp3) is 0.875. The van der Waals surface area contributed by atoms with Crippen molar-refractivity contribution < 1.29 is 9.59 Å². The zero-order valence-electron chi connectivity index (χ0n) is 13.4. The second kappa shape index (κ2) is 10.2. The second-order valence-electron chi connectivity index (χ2n) is 6.13. The summed E-state index contributed by atoms with van der Waals surface area (Å²) >= 11 is 0. The van der Waals surface area contributed by atoms with E-state index in [2.05, 4.69) is 20.8 Å². The SMILES string of the molecule is BC(=O)CC(=O)C(C)(CCCC)CCCCCCC. The first-order valence-corrected chi connectivity index (χ1v) is 7.99. The Balaban J connectivity index is 4.32. The van der Waals surface area contributed by atoms with Gasteiger partial charge in [0.2, 0.25) is 0 Å². The first-order chi connectivity index (χ1) is 8.96. The number of ketones is 1. The molecular weight excluding hydrogens is 235 g/mol. The molecule has 1 atom stereocenters. The summed E-state index contributed by atoms with van der Waals surface area (Å²) in [6, 6.07) is 0. The van der Waals surface area contributed by atoms with Crippen molar-refractivity contribution in [3.8, 4) is 0 Å². The summed E-state index contributed by atoms with van der Waals surface area (Å²) < 4.78 is 0. The number of carbonyl (C=O) groups excluding carboxylic acids is 2. The van der Waals surface area contributed by atoms with E-state index in [0.29, 0.717) is 0 Å². The Labute approximate surface area is 120 Å². The Morgan fingerprint density at radius 3 is 1.95 bits per heavy atom. The quantitative estimate of drug-likeness (QED) is 0.307. The van der Waals surface area contributed by atoms with E-state index in [1.807, 2.05) is 0 Å². The Bertz CT molecular complexity index is 276. The molecule has 0 radical (unpaired) electrons. The Morgan fingerprint density at radius 2 is 1.42 bits per heavy atom. The maximum atomic E-state index is 12.3. The second-order valence-corrected chi connectivity index (χ2v) is 6.13. The Hall–Kier alpha value is -0.595. The van der Waals surface area contributed by atoms with Crippen LogP contribution in [0, 0.1) is 5.41 Å². The lowest BCUT2D eigenvalue weighted by molar-refractivity contribution is -0.131. The normalized spacial score (nSPS) is 14.1. The average molecular weight is 266 g/mol. The van der Waals surface area contributed by atoms with Crippen LogP contribution in [0.3, 0.4) is 0 Å². The summed E-state index contributed by atoms with van der Waals surface area (Å²) in [5, 5.41) is 0.